The van der Waals surface area contributed by atoms with Crippen molar-refractivity contribution in [1.29, 1.82) is 0 Å². The summed E-state index contributed by atoms with van der Waals surface area (Å²) in [7, 11) is 0. The molecule has 0 fully saturated rings. The first-order valence-corrected chi connectivity index (χ1v) is 10.9. The third-order valence-electron chi connectivity index (χ3n) is 6.07. The molecule has 2 heterocycles. The van der Waals surface area contributed by atoms with Gasteiger partial charge in [0.1, 0.15) is 22.7 Å². The van der Waals surface area contributed by atoms with Crippen LogP contribution in [0.15, 0.2) is 106 Å². The fourth-order valence-electron chi connectivity index (χ4n) is 4.40. The van der Waals surface area contributed by atoms with Crippen LogP contribution in [0.2, 0.25) is 0 Å². The van der Waals surface area contributed by atoms with E-state index in [9.17, 15) is 0 Å². The van der Waals surface area contributed by atoms with E-state index in [-0.39, 0.29) is 0 Å². The van der Waals surface area contributed by atoms with Crippen molar-refractivity contribution < 1.29 is 8.83 Å². The van der Waals surface area contributed by atoms with Crippen LogP contribution in [0.25, 0.3) is 55.7 Å². The molecule has 32 heavy (non-hydrogen) atoms. The normalized spacial score (nSPS) is 11.4. The summed E-state index contributed by atoms with van der Waals surface area (Å²) in [5.74, 6) is 1.73. The topological polar surface area (TPSA) is 26.3 Å². The Morgan fingerprint density at radius 3 is 1.22 bits per heavy atom. The van der Waals surface area contributed by atoms with E-state index in [0.29, 0.717) is 0 Å². The number of para-hydroxylation sites is 2. The van der Waals surface area contributed by atoms with E-state index in [1.54, 1.807) is 0 Å². The Bertz CT molecular complexity index is 1440. The number of furan rings is 2. The van der Waals surface area contributed by atoms with Gasteiger partial charge in [0, 0.05) is 33.0 Å². The van der Waals surface area contributed by atoms with Crippen molar-refractivity contribution in [3.05, 3.63) is 108 Å². The zero-order valence-electron chi connectivity index (χ0n) is 18.1. The summed E-state index contributed by atoms with van der Waals surface area (Å²) in [4.78, 5) is 0. The SMILES string of the molecule is Cc1ccc(-c2oc3ccccc3c2-c2c(-c3ccc(C)cc3)oc3ccccc23)cc1. The average molecular weight is 415 g/mol. The van der Waals surface area contributed by atoms with Crippen LogP contribution in [0.4, 0.5) is 0 Å². The molecule has 2 heteroatoms. The Morgan fingerprint density at radius 1 is 0.438 bits per heavy atom. The standard InChI is InChI=1S/C30H22O2/c1-19-11-15-21(16-12-19)29-27(23-7-3-5-9-25(23)31-29)28-24-8-4-6-10-26(24)32-30(28)22-17-13-20(2)14-18-22/h3-18H,1-2H3. The second kappa shape index (κ2) is 7.28. The van der Waals surface area contributed by atoms with Gasteiger partial charge < -0.3 is 8.83 Å². The number of fused-ring (bicyclic) bond motifs is 2. The number of rotatable bonds is 3. The van der Waals surface area contributed by atoms with E-state index in [1.807, 2.05) is 24.3 Å². The molecule has 0 spiro atoms. The number of hydrogen-bond acceptors (Lipinski definition) is 2. The van der Waals surface area contributed by atoms with Crippen LogP contribution in [-0.2, 0) is 0 Å². The van der Waals surface area contributed by atoms with Gasteiger partial charge in [-0.05, 0) is 26.0 Å². The molecule has 0 aliphatic heterocycles. The summed E-state index contributed by atoms with van der Waals surface area (Å²) < 4.78 is 12.9. The number of aryl methyl sites for hydroxylation is 2. The van der Waals surface area contributed by atoms with Crippen LogP contribution in [-0.4, -0.2) is 0 Å². The van der Waals surface area contributed by atoms with Crippen LogP contribution < -0.4 is 0 Å². The minimum absolute atomic E-state index is 0.867. The lowest BCUT2D eigenvalue weighted by Gasteiger charge is -2.07. The molecule has 0 amide bonds. The highest BCUT2D eigenvalue weighted by Gasteiger charge is 2.25. The van der Waals surface area contributed by atoms with Crippen LogP contribution in [0.1, 0.15) is 11.1 Å². The first-order valence-electron chi connectivity index (χ1n) is 10.9. The van der Waals surface area contributed by atoms with Gasteiger partial charge in [0.2, 0.25) is 0 Å². The van der Waals surface area contributed by atoms with Crippen LogP contribution >= 0.6 is 0 Å². The Kier molecular flexibility index (Phi) is 4.26. The maximum absolute atomic E-state index is 6.47. The van der Waals surface area contributed by atoms with Gasteiger partial charge in [0.05, 0.1) is 0 Å². The van der Waals surface area contributed by atoms with E-state index in [2.05, 4.69) is 86.6 Å². The predicted octanol–water partition coefficient (Wildman–Crippen LogP) is 8.80. The van der Waals surface area contributed by atoms with E-state index in [1.165, 1.54) is 11.1 Å². The Morgan fingerprint density at radius 2 is 0.812 bits per heavy atom. The second-order valence-corrected chi connectivity index (χ2v) is 8.34. The maximum atomic E-state index is 6.47. The predicted molar refractivity (Wildman–Crippen MR) is 132 cm³/mol. The summed E-state index contributed by atoms with van der Waals surface area (Å²) in [5.41, 5.74) is 8.45. The van der Waals surface area contributed by atoms with Gasteiger partial charge in [-0.25, -0.2) is 0 Å². The third-order valence-corrected chi connectivity index (χ3v) is 6.07. The molecule has 0 aliphatic rings. The fraction of sp³-hybridized carbons (Fsp3) is 0.0667. The van der Waals surface area contributed by atoms with Crippen molar-refractivity contribution in [3.63, 3.8) is 0 Å². The molecule has 0 bridgehead atoms. The largest absolute Gasteiger partial charge is 0.455 e. The van der Waals surface area contributed by atoms with E-state index in [0.717, 1.165) is 55.7 Å². The van der Waals surface area contributed by atoms with Crippen molar-refractivity contribution in [1.82, 2.24) is 0 Å². The molecular formula is C30H22O2. The van der Waals surface area contributed by atoms with Crippen LogP contribution in [0, 0.1) is 13.8 Å². The molecule has 2 nitrogen and oxygen atoms in total. The molecule has 0 saturated heterocycles. The summed E-state index contributed by atoms with van der Waals surface area (Å²) in [6, 6.07) is 33.5. The molecule has 4 aromatic carbocycles. The molecule has 0 unspecified atom stereocenters. The van der Waals surface area contributed by atoms with E-state index >= 15 is 0 Å². The Labute approximate surface area is 186 Å². The minimum Gasteiger partial charge on any atom is -0.455 e. The van der Waals surface area contributed by atoms with Crippen molar-refractivity contribution in [3.8, 4) is 33.8 Å². The molecule has 0 N–H and O–H groups in total. The second-order valence-electron chi connectivity index (χ2n) is 8.34. The van der Waals surface area contributed by atoms with Crippen LogP contribution in [0.3, 0.4) is 0 Å². The van der Waals surface area contributed by atoms with Gasteiger partial charge in [0.25, 0.3) is 0 Å². The van der Waals surface area contributed by atoms with Gasteiger partial charge >= 0.3 is 0 Å². The quantitative estimate of drug-likeness (QED) is 0.289. The van der Waals surface area contributed by atoms with Crippen molar-refractivity contribution in [2.24, 2.45) is 0 Å². The van der Waals surface area contributed by atoms with Gasteiger partial charge in [-0.2, -0.15) is 0 Å². The maximum Gasteiger partial charge on any atom is 0.143 e. The number of hydrogen-bond donors (Lipinski definition) is 0. The van der Waals surface area contributed by atoms with Crippen molar-refractivity contribution in [2.45, 2.75) is 13.8 Å². The smallest absolute Gasteiger partial charge is 0.143 e. The third kappa shape index (κ3) is 2.96. The molecule has 154 valence electrons. The summed E-state index contributed by atoms with van der Waals surface area (Å²) in [6.45, 7) is 4.20. The van der Waals surface area contributed by atoms with Gasteiger partial charge in [0.15, 0.2) is 0 Å². The summed E-state index contributed by atoms with van der Waals surface area (Å²) in [5, 5.41) is 2.17. The lowest BCUT2D eigenvalue weighted by Crippen LogP contribution is -1.85. The molecular weight excluding hydrogens is 392 g/mol. The highest BCUT2D eigenvalue weighted by atomic mass is 16.3. The highest BCUT2D eigenvalue weighted by Crippen LogP contribution is 2.48. The average Bonchev–Trinajstić information content (AvgIpc) is 3.38. The summed E-state index contributed by atoms with van der Waals surface area (Å²) >= 11 is 0. The summed E-state index contributed by atoms with van der Waals surface area (Å²) in [6.07, 6.45) is 0. The van der Waals surface area contributed by atoms with Crippen molar-refractivity contribution >= 4 is 21.9 Å². The minimum atomic E-state index is 0.867. The molecule has 0 atom stereocenters. The van der Waals surface area contributed by atoms with E-state index in [4.69, 9.17) is 8.83 Å². The molecule has 6 rings (SSSR count). The van der Waals surface area contributed by atoms with Gasteiger partial charge in [-0.3, -0.25) is 0 Å². The van der Waals surface area contributed by atoms with Gasteiger partial charge in [-0.15, -0.1) is 0 Å². The molecule has 2 aromatic heterocycles. The molecule has 0 aliphatic carbocycles. The Hall–Kier alpha value is -4.04. The Balaban J connectivity index is 1.74. The highest BCUT2D eigenvalue weighted by molar-refractivity contribution is 6.12. The molecule has 6 aromatic rings. The van der Waals surface area contributed by atoms with Crippen LogP contribution in [0.5, 0.6) is 0 Å². The van der Waals surface area contributed by atoms with Gasteiger partial charge in [-0.1, -0.05) is 96.1 Å². The molecule has 0 saturated carbocycles. The molecule has 0 radical (unpaired) electrons. The first-order chi connectivity index (χ1) is 15.7. The van der Waals surface area contributed by atoms with Crippen molar-refractivity contribution in [2.75, 3.05) is 0 Å². The number of benzene rings is 4. The lowest BCUT2D eigenvalue weighted by molar-refractivity contribution is 0.628. The van der Waals surface area contributed by atoms with E-state index < -0.39 is 0 Å². The zero-order chi connectivity index (χ0) is 21.7. The fourth-order valence-corrected chi connectivity index (χ4v) is 4.40. The zero-order valence-corrected chi connectivity index (χ0v) is 18.1. The first kappa shape index (κ1) is 18.7. The lowest BCUT2D eigenvalue weighted by atomic mass is 9.93. The monoisotopic (exact) mass is 414 g/mol.